The van der Waals surface area contributed by atoms with Crippen molar-refractivity contribution in [2.24, 2.45) is 0 Å². The number of aromatic nitrogens is 2. The van der Waals surface area contributed by atoms with Crippen molar-refractivity contribution in [3.8, 4) is 11.3 Å². The van der Waals surface area contributed by atoms with Gasteiger partial charge in [-0.05, 0) is 12.1 Å². The highest BCUT2D eigenvalue weighted by Crippen LogP contribution is 2.24. The Hall–Kier alpha value is -2.72. The van der Waals surface area contributed by atoms with E-state index in [0.717, 1.165) is 10.2 Å². The monoisotopic (exact) mass is 324 g/mol. The summed E-state index contributed by atoms with van der Waals surface area (Å²) in [7, 11) is 0. The van der Waals surface area contributed by atoms with Gasteiger partial charge in [-0.15, -0.1) is 0 Å². The van der Waals surface area contributed by atoms with Crippen molar-refractivity contribution in [1.29, 1.82) is 0 Å². The maximum absolute atomic E-state index is 12.3. The van der Waals surface area contributed by atoms with Gasteiger partial charge in [-0.1, -0.05) is 60.1 Å². The van der Waals surface area contributed by atoms with Crippen LogP contribution in [0.3, 0.4) is 0 Å². The summed E-state index contributed by atoms with van der Waals surface area (Å²) in [4.78, 5) is 24.2. The molecule has 0 saturated heterocycles. The minimum Gasteiger partial charge on any atom is -0.292 e. The predicted molar refractivity (Wildman–Crippen MR) is 89.7 cm³/mol. The highest BCUT2D eigenvalue weighted by molar-refractivity contribution is 6.33. The summed E-state index contributed by atoms with van der Waals surface area (Å²) < 4.78 is 1.16. The second-order valence-electron chi connectivity index (χ2n) is 4.98. The van der Waals surface area contributed by atoms with Gasteiger partial charge in [0.1, 0.15) is 6.54 Å². The zero-order chi connectivity index (χ0) is 16.2. The molecule has 2 aromatic carbocycles. The molecule has 0 atom stereocenters. The number of rotatable bonds is 4. The molecule has 23 heavy (non-hydrogen) atoms. The molecule has 0 aliphatic heterocycles. The Kier molecular flexibility index (Phi) is 4.35. The molecular formula is C18H13ClN2O2. The maximum Gasteiger partial charge on any atom is 0.267 e. The number of ketones is 1. The van der Waals surface area contributed by atoms with Crippen LogP contribution in [0.1, 0.15) is 10.4 Å². The van der Waals surface area contributed by atoms with Crippen molar-refractivity contribution in [2.75, 3.05) is 0 Å². The topological polar surface area (TPSA) is 52.0 Å². The van der Waals surface area contributed by atoms with Crippen LogP contribution in [-0.2, 0) is 6.54 Å². The Bertz CT molecular complexity index is 904. The largest absolute Gasteiger partial charge is 0.292 e. The molecule has 114 valence electrons. The lowest BCUT2D eigenvalue weighted by atomic mass is 10.1. The summed E-state index contributed by atoms with van der Waals surface area (Å²) in [5.74, 6) is -0.170. The van der Waals surface area contributed by atoms with E-state index in [0.29, 0.717) is 16.3 Å². The third-order valence-corrected chi connectivity index (χ3v) is 3.74. The highest BCUT2D eigenvalue weighted by Gasteiger charge is 2.11. The Morgan fingerprint density at radius 2 is 1.65 bits per heavy atom. The first kappa shape index (κ1) is 15.2. The average Bonchev–Trinajstić information content (AvgIpc) is 2.58. The molecule has 0 radical (unpaired) electrons. The summed E-state index contributed by atoms with van der Waals surface area (Å²) in [6, 6.07) is 19.1. The number of benzene rings is 2. The van der Waals surface area contributed by atoms with Crippen molar-refractivity contribution in [2.45, 2.75) is 6.54 Å². The molecule has 1 heterocycles. The Balaban J connectivity index is 1.94. The quantitative estimate of drug-likeness (QED) is 0.691. The highest BCUT2D eigenvalue weighted by atomic mass is 35.5. The van der Waals surface area contributed by atoms with Gasteiger partial charge in [0.05, 0.1) is 10.7 Å². The zero-order valence-electron chi connectivity index (χ0n) is 12.1. The van der Waals surface area contributed by atoms with E-state index in [4.69, 9.17) is 11.6 Å². The third kappa shape index (κ3) is 3.38. The number of hydrogen-bond acceptors (Lipinski definition) is 3. The molecular weight excluding hydrogens is 312 g/mol. The van der Waals surface area contributed by atoms with Gasteiger partial charge in [0.25, 0.3) is 5.56 Å². The molecule has 3 rings (SSSR count). The van der Waals surface area contributed by atoms with E-state index in [9.17, 15) is 9.59 Å². The molecule has 5 heteroatoms. The van der Waals surface area contributed by atoms with Crippen LogP contribution in [0.25, 0.3) is 11.3 Å². The molecule has 3 aromatic rings. The molecule has 0 aliphatic carbocycles. The summed E-state index contributed by atoms with van der Waals surface area (Å²) in [6.07, 6.45) is 0. The predicted octanol–water partition coefficient (Wildman–Crippen LogP) is 3.45. The molecule has 4 nitrogen and oxygen atoms in total. The number of carbonyl (C=O) groups is 1. The third-order valence-electron chi connectivity index (χ3n) is 3.41. The van der Waals surface area contributed by atoms with Crippen molar-refractivity contribution < 1.29 is 4.79 Å². The molecule has 1 aromatic heterocycles. The van der Waals surface area contributed by atoms with E-state index >= 15 is 0 Å². The molecule has 0 amide bonds. The van der Waals surface area contributed by atoms with E-state index in [1.807, 2.05) is 24.3 Å². The lowest BCUT2D eigenvalue weighted by Gasteiger charge is -2.08. The standard InChI is InChI=1S/C18H13ClN2O2/c19-15-9-5-4-8-14(15)16-10-11-18(23)21(20-16)12-17(22)13-6-2-1-3-7-13/h1-11H,12H2. The summed E-state index contributed by atoms with van der Waals surface area (Å²) in [6.45, 7) is -0.110. The first-order valence-electron chi connectivity index (χ1n) is 7.06. The number of nitrogens with zero attached hydrogens (tertiary/aromatic N) is 2. The molecule has 0 N–H and O–H groups in total. The Morgan fingerprint density at radius 3 is 2.39 bits per heavy atom. The fourth-order valence-electron chi connectivity index (χ4n) is 2.23. The SMILES string of the molecule is O=C(Cn1nc(-c2ccccc2Cl)ccc1=O)c1ccccc1. The second-order valence-corrected chi connectivity index (χ2v) is 5.39. The minimum atomic E-state index is -0.329. The van der Waals surface area contributed by atoms with E-state index in [1.165, 1.54) is 6.07 Å². The van der Waals surface area contributed by atoms with Crippen LogP contribution in [0.2, 0.25) is 5.02 Å². The van der Waals surface area contributed by atoms with Gasteiger partial charge >= 0.3 is 0 Å². The number of Topliss-reactive ketones (excluding diaryl/α,β-unsaturated/α-hetero) is 1. The molecule has 0 fully saturated rings. The molecule has 0 saturated carbocycles. The lowest BCUT2D eigenvalue weighted by molar-refractivity contribution is 0.0966. The van der Waals surface area contributed by atoms with Crippen LogP contribution in [0, 0.1) is 0 Å². The lowest BCUT2D eigenvalue weighted by Crippen LogP contribution is -2.26. The minimum absolute atomic E-state index is 0.110. The van der Waals surface area contributed by atoms with Gasteiger partial charge in [-0.3, -0.25) is 9.59 Å². The van der Waals surface area contributed by atoms with Gasteiger partial charge < -0.3 is 0 Å². The van der Waals surface area contributed by atoms with E-state index < -0.39 is 0 Å². The van der Waals surface area contributed by atoms with Crippen molar-refractivity contribution in [3.05, 3.63) is 87.7 Å². The van der Waals surface area contributed by atoms with Crippen LogP contribution < -0.4 is 5.56 Å². The summed E-state index contributed by atoms with van der Waals surface area (Å²) in [5, 5.41) is 4.81. The first-order valence-corrected chi connectivity index (χ1v) is 7.44. The maximum atomic E-state index is 12.3. The summed E-state index contributed by atoms with van der Waals surface area (Å²) in [5.41, 5.74) is 1.49. The summed E-state index contributed by atoms with van der Waals surface area (Å²) >= 11 is 6.16. The van der Waals surface area contributed by atoms with Gasteiger partial charge in [0.15, 0.2) is 5.78 Å². The Labute approximate surface area is 138 Å². The normalized spacial score (nSPS) is 10.5. The van der Waals surface area contributed by atoms with Crippen molar-refractivity contribution in [1.82, 2.24) is 9.78 Å². The average molecular weight is 325 g/mol. The van der Waals surface area contributed by atoms with Crippen molar-refractivity contribution in [3.63, 3.8) is 0 Å². The molecule has 0 spiro atoms. The molecule has 0 aliphatic rings. The number of halogens is 1. The van der Waals surface area contributed by atoms with E-state index in [1.54, 1.807) is 36.4 Å². The van der Waals surface area contributed by atoms with Crippen molar-refractivity contribution >= 4 is 17.4 Å². The van der Waals surface area contributed by atoms with E-state index in [-0.39, 0.29) is 17.9 Å². The second kappa shape index (κ2) is 6.58. The van der Waals surface area contributed by atoms with Gasteiger partial charge in [0.2, 0.25) is 0 Å². The van der Waals surface area contributed by atoms with Crippen LogP contribution in [0.15, 0.2) is 71.5 Å². The fraction of sp³-hybridized carbons (Fsp3) is 0.0556. The van der Waals surface area contributed by atoms with Gasteiger partial charge in [-0.2, -0.15) is 5.10 Å². The van der Waals surface area contributed by atoms with Crippen LogP contribution in [-0.4, -0.2) is 15.6 Å². The van der Waals surface area contributed by atoms with Crippen LogP contribution in [0.4, 0.5) is 0 Å². The molecule has 0 unspecified atom stereocenters. The first-order chi connectivity index (χ1) is 11.1. The number of hydrogen-bond donors (Lipinski definition) is 0. The van der Waals surface area contributed by atoms with Crippen LogP contribution in [0.5, 0.6) is 0 Å². The number of carbonyl (C=O) groups excluding carboxylic acids is 1. The van der Waals surface area contributed by atoms with Crippen LogP contribution >= 0.6 is 11.6 Å². The Morgan fingerprint density at radius 1 is 0.957 bits per heavy atom. The van der Waals surface area contributed by atoms with Gasteiger partial charge in [-0.25, -0.2) is 4.68 Å². The molecule has 0 bridgehead atoms. The zero-order valence-corrected chi connectivity index (χ0v) is 12.9. The fourth-order valence-corrected chi connectivity index (χ4v) is 2.46. The van der Waals surface area contributed by atoms with E-state index in [2.05, 4.69) is 5.10 Å². The smallest absolute Gasteiger partial charge is 0.267 e. The van der Waals surface area contributed by atoms with Gasteiger partial charge in [0, 0.05) is 17.2 Å².